The monoisotopic (exact) mass is 455 g/mol. The van der Waals surface area contributed by atoms with E-state index in [2.05, 4.69) is 15.1 Å². The summed E-state index contributed by atoms with van der Waals surface area (Å²) in [6, 6.07) is 6.10. The first-order valence-electron chi connectivity index (χ1n) is 11.1. The molecule has 168 valence electrons. The first-order chi connectivity index (χ1) is 14.2. The normalized spacial score (nSPS) is 23.3. The van der Waals surface area contributed by atoms with Gasteiger partial charge in [-0.1, -0.05) is 29.3 Å². The van der Waals surface area contributed by atoms with Crippen LogP contribution in [0.15, 0.2) is 18.2 Å². The maximum Gasteiger partial charge on any atom is 0.407 e. The number of carbonyl (C=O) groups excluding carboxylic acids is 1. The minimum absolute atomic E-state index is 0.252. The molecule has 5 nitrogen and oxygen atoms in total. The SMILES string of the molecule is CC(C)(C)OC(=O)NC1CCC(CCN2CCN(c3cccc(Cl)c3Cl)CC2)CC1. The molecule has 1 saturated heterocycles. The smallest absolute Gasteiger partial charge is 0.407 e. The average molecular weight is 456 g/mol. The van der Waals surface area contributed by atoms with Crippen LogP contribution >= 0.6 is 23.2 Å². The van der Waals surface area contributed by atoms with Crippen LogP contribution in [0.4, 0.5) is 10.5 Å². The van der Waals surface area contributed by atoms with Crippen LogP contribution in [0.25, 0.3) is 0 Å². The van der Waals surface area contributed by atoms with Gasteiger partial charge in [-0.05, 0) is 77.5 Å². The van der Waals surface area contributed by atoms with Crippen LogP contribution in [0.5, 0.6) is 0 Å². The molecule has 1 aliphatic heterocycles. The summed E-state index contributed by atoms with van der Waals surface area (Å²) in [5.41, 5.74) is 0.600. The van der Waals surface area contributed by atoms with E-state index in [0.717, 1.165) is 57.2 Å². The van der Waals surface area contributed by atoms with Gasteiger partial charge in [-0.15, -0.1) is 0 Å². The van der Waals surface area contributed by atoms with E-state index < -0.39 is 5.60 Å². The fraction of sp³-hybridized carbons (Fsp3) is 0.696. The molecule has 1 saturated carbocycles. The number of ether oxygens (including phenoxy) is 1. The Bertz CT molecular complexity index is 707. The highest BCUT2D eigenvalue weighted by Gasteiger charge is 2.26. The number of halogens is 2. The maximum atomic E-state index is 11.9. The van der Waals surface area contributed by atoms with Gasteiger partial charge in [-0.2, -0.15) is 0 Å². The summed E-state index contributed by atoms with van der Waals surface area (Å²) < 4.78 is 5.37. The summed E-state index contributed by atoms with van der Waals surface area (Å²) >= 11 is 12.5. The Balaban J connectivity index is 1.34. The molecule has 0 unspecified atom stereocenters. The molecule has 1 aromatic carbocycles. The average Bonchev–Trinajstić information content (AvgIpc) is 2.69. The van der Waals surface area contributed by atoms with Gasteiger partial charge in [-0.3, -0.25) is 4.90 Å². The molecule has 1 aromatic rings. The third-order valence-electron chi connectivity index (χ3n) is 6.07. The molecule has 0 bridgehead atoms. The van der Waals surface area contributed by atoms with Gasteiger partial charge in [0.2, 0.25) is 0 Å². The van der Waals surface area contributed by atoms with E-state index in [0.29, 0.717) is 10.0 Å². The molecule has 0 aromatic heterocycles. The Morgan fingerprint density at radius 1 is 1.10 bits per heavy atom. The van der Waals surface area contributed by atoms with Crippen molar-refractivity contribution < 1.29 is 9.53 Å². The summed E-state index contributed by atoms with van der Waals surface area (Å²) in [7, 11) is 0. The second-order valence-electron chi connectivity index (χ2n) is 9.55. The minimum atomic E-state index is -0.441. The lowest BCUT2D eigenvalue weighted by molar-refractivity contribution is 0.0486. The molecule has 30 heavy (non-hydrogen) atoms. The highest BCUT2D eigenvalue weighted by atomic mass is 35.5. The van der Waals surface area contributed by atoms with Crippen molar-refractivity contribution in [3.63, 3.8) is 0 Å². The summed E-state index contributed by atoms with van der Waals surface area (Å²) in [4.78, 5) is 16.8. The van der Waals surface area contributed by atoms with Gasteiger partial charge in [0.25, 0.3) is 0 Å². The van der Waals surface area contributed by atoms with Crippen LogP contribution in [0, 0.1) is 5.92 Å². The van der Waals surface area contributed by atoms with Crippen LogP contribution in [0.3, 0.4) is 0 Å². The largest absolute Gasteiger partial charge is 0.444 e. The quantitative estimate of drug-likeness (QED) is 0.628. The number of nitrogens with one attached hydrogen (secondary N) is 1. The number of hydrogen-bond acceptors (Lipinski definition) is 4. The molecule has 1 amide bonds. The molecule has 3 rings (SSSR count). The topological polar surface area (TPSA) is 44.8 Å². The van der Waals surface area contributed by atoms with Crippen LogP contribution < -0.4 is 10.2 Å². The first-order valence-corrected chi connectivity index (χ1v) is 11.9. The van der Waals surface area contributed by atoms with Gasteiger partial charge < -0.3 is 15.0 Å². The van der Waals surface area contributed by atoms with Crippen molar-refractivity contribution in [1.29, 1.82) is 0 Å². The molecule has 0 radical (unpaired) electrons. The Morgan fingerprint density at radius 3 is 2.40 bits per heavy atom. The summed E-state index contributed by atoms with van der Waals surface area (Å²) in [6.45, 7) is 10.9. The van der Waals surface area contributed by atoms with Crippen molar-refractivity contribution >= 4 is 35.0 Å². The lowest BCUT2D eigenvalue weighted by Crippen LogP contribution is -2.47. The van der Waals surface area contributed by atoms with Gasteiger partial charge in [0.15, 0.2) is 0 Å². The molecular weight excluding hydrogens is 421 g/mol. The highest BCUT2D eigenvalue weighted by Crippen LogP contribution is 2.33. The van der Waals surface area contributed by atoms with Crippen LogP contribution in [-0.2, 0) is 4.74 Å². The number of piperazine rings is 1. The maximum absolute atomic E-state index is 11.9. The number of anilines is 1. The van der Waals surface area contributed by atoms with Crippen molar-refractivity contribution in [3.8, 4) is 0 Å². The Hall–Kier alpha value is -1.17. The molecular formula is C23H35Cl2N3O2. The Morgan fingerprint density at radius 2 is 1.77 bits per heavy atom. The third kappa shape index (κ3) is 6.93. The fourth-order valence-corrected chi connectivity index (χ4v) is 4.80. The zero-order chi connectivity index (χ0) is 21.7. The fourth-order valence-electron chi connectivity index (χ4n) is 4.38. The number of amides is 1. The predicted molar refractivity (Wildman–Crippen MR) is 125 cm³/mol. The highest BCUT2D eigenvalue weighted by molar-refractivity contribution is 6.43. The molecule has 0 spiro atoms. The van der Waals surface area contributed by atoms with E-state index in [1.165, 1.54) is 19.3 Å². The number of nitrogens with zero attached hydrogens (tertiary/aromatic N) is 2. The molecule has 1 aliphatic carbocycles. The molecule has 0 atom stereocenters. The zero-order valence-corrected chi connectivity index (χ0v) is 19.9. The Kier molecular flexibility index (Phi) is 8.17. The molecule has 2 aliphatic rings. The van der Waals surface area contributed by atoms with Crippen molar-refractivity contribution in [3.05, 3.63) is 28.2 Å². The van der Waals surface area contributed by atoms with Gasteiger partial charge in [0.1, 0.15) is 5.60 Å². The van der Waals surface area contributed by atoms with Crippen LogP contribution in [0.1, 0.15) is 52.9 Å². The van der Waals surface area contributed by atoms with Crippen molar-refractivity contribution in [2.45, 2.75) is 64.5 Å². The van der Waals surface area contributed by atoms with E-state index in [-0.39, 0.29) is 12.1 Å². The molecule has 7 heteroatoms. The lowest BCUT2D eigenvalue weighted by atomic mass is 9.84. The minimum Gasteiger partial charge on any atom is -0.444 e. The van der Waals surface area contributed by atoms with E-state index >= 15 is 0 Å². The summed E-state index contributed by atoms with van der Waals surface area (Å²) in [6.07, 6.45) is 5.40. The van der Waals surface area contributed by atoms with Crippen molar-refractivity contribution in [1.82, 2.24) is 10.2 Å². The Labute approximate surface area is 191 Å². The lowest BCUT2D eigenvalue weighted by Gasteiger charge is -2.37. The van der Waals surface area contributed by atoms with Gasteiger partial charge in [0.05, 0.1) is 15.7 Å². The van der Waals surface area contributed by atoms with Gasteiger partial charge in [0, 0.05) is 32.2 Å². The van der Waals surface area contributed by atoms with Crippen LogP contribution in [-0.4, -0.2) is 55.4 Å². The number of rotatable bonds is 5. The second-order valence-corrected chi connectivity index (χ2v) is 10.3. The van der Waals surface area contributed by atoms with Gasteiger partial charge >= 0.3 is 6.09 Å². The number of alkyl carbamates (subject to hydrolysis) is 1. The van der Waals surface area contributed by atoms with E-state index in [1.54, 1.807) is 0 Å². The summed E-state index contributed by atoms with van der Waals surface area (Å²) in [5.74, 6) is 0.752. The van der Waals surface area contributed by atoms with Crippen molar-refractivity contribution in [2.24, 2.45) is 5.92 Å². The number of carbonyl (C=O) groups is 1. The van der Waals surface area contributed by atoms with Gasteiger partial charge in [-0.25, -0.2) is 4.79 Å². The van der Waals surface area contributed by atoms with Crippen molar-refractivity contribution in [2.75, 3.05) is 37.6 Å². The summed E-state index contributed by atoms with van der Waals surface area (Å²) in [5, 5.41) is 4.31. The molecule has 1 N–H and O–H groups in total. The number of hydrogen-bond donors (Lipinski definition) is 1. The zero-order valence-electron chi connectivity index (χ0n) is 18.4. The molecule has 2 fully saturated rings. The number of benzene rings is 1. The first kappa shape index (κ1) is 23.5. The van der Waals surface area contributed by atoms with E-state index in [1.807, 2.05) is 39.0 Å². The molecule has 1 heterocycles. The standard InChI is InChI=1S/C23H35Cl2N3O2/c1-23(2,3)30-22(29)26-18-9-7-17(8-10-18)11-12-27-13-15-28(16-14-27)20-6-4-5-19(24)21(20)25/h4-6,17-18H,7-16H2,1-3H3,(H,26,29). The predicted octanol–water partition coefficient (Wildman–Crippen LogP) is 5.59. The van der Waals surface area contributed by atoms with Crippen LogP contribution in [0.2, 0.25) is 10.0 Å². The second kappa shape index (κ2) is 10.4. The van der Waals surface area contributed by atoms with E-state index in [9.17, 15) is 4.79 Å². The third-order valence-corrected chi connectivity index (χ3v) is 6.87. The van der Waals surface area contributed by atoms with E-state index in [4.69, 9.17) is 27.9 Å².